The Morgan fingerprint density at radius 1 is 1.16 bits per heavy atom. The summed E-state index contributed by atoms with van der Waals surface area (Å²) in [6.45, 7) is 0. The molecule has 3 atom stereocenters. The first-order valence-corrected chi connectivity index (χ1v) is 13.5. The van der Waals surface area contributed by atoms with Crippen LogP contribution in [0.15, 0.2) is 33.6 Å². The third-order valence-corrected chi connectivity index (χ3v) is 8.92. The van der Waals surface area contributed by atoms with E-state index < -0.39 is 15.9 Å². The zero-order valence-electron chi connectivity index (χ0n) is 19.1. The fraction of sp³-hybridized carbons (Fsp3) is 0.560. The van der Waals surface area contributed by atoms with Crippen LogP contribution in [0.1, 0.15) is 54.4 Å². The van der Waals surface area contributed by atoms with E-state index in [4.69, 9.17) is 5.14 Å². The molecule has 1 saturated carbocycles. The Labute approximate surface area is 191 Å². The molecule has 2 amide bonds. The van der Waals surface area contributed by atoms with E-state index in [1.165, 1.54) is 35.1 Å². The lowest BCUT2D eigenvalue weighted by Gasteiger charge is -2.31. The SMILES string of the molecule is CN(C)C(C1C=CC(S(N)(=O)=NC(=O)Nc2c3c(cc4c2CCC4)CCC3)=CC1)C1CC1. The lowest BCUT2D eigenvalue weighted by Crippen LogP contribution is -2.37. The molecule has 0 radical (unpaired) electrons. The van der Waals surface area contributed by atoms with Crippen LogP contribution in [0.4, 0.5) is 10.5 Å². The predicted molar refractivity (Wildman–Crippen MR) is 130 cm³/mol. The molecule has 172 valence electrons. The Balaban J connectivity index is 1.34. The lowest BCUT2D eigenvalue weighted by molar-refractivity contribution is 0.210. The molecule has 0 bridgehead atoms. The highest BCUT2D eigenvalue weighted by Crippen LogP contribution is 2.41. The van der Waals surface area contributed by atoms with Gasteiger partial charge in [-0.05, 0) is 112 Å². The summed E-state index contributed by atoms with van der Waals surface area (Å²) in [6.07, 6.45) is 15.5. The molecule has 6 nitrogen and oxygen atoms in total. The summed E-state index contributed by atoms with van der Waals surface area (Å²) in [6, 6.07) is 2.20. The van der Waals surface area contributed by atoms with E-state index >= 15 is 0 Å². The van der Waals surface area contributed by atoms with Gasteiger partial charge in [0.25, 0.3) is 0 Å². The molecule has 5 rings (SSSR count). The van der Waals surface area contributed by atoms with E-state index in [9.17, 15) is 9.00 Å². The van der Waals surface area contributed by atoms with E-state index in [1.54, 1.807) is 0 Å². The van der Waals surface area contributed by atoms with Gasteiger partial charge in [-0.2, -0.15) is 0 Å². The first kappa shape index (κ1) is 21.9. The maximum Gasteiger partial charge on any atom is 0.354 e. The zero-order chi connectivity index (χ0) is 22.5. The molecule has 0 spiro atoms. The van der Waals surface area contributed by atoms with E-state index in [2.05, 4.69) is 40.8 Å². The van der Waals surface area contributed by atoms with E-state index in [0.717, 1.165) is 56.6 Å². The Morgan fingerprint density at radius 2 is 1.81 bits per heavy atom. The molecule has 1 fully saturated rings. The molecule has 0 aromatic heterocycles. The molecule has 1 aromatic rings. The summed E-state index contributed by atoms with van der Waals surface area (Å²) in [5.41, 5.74) is 6.04. The van der Waals surface area contributed by atoms with Gasteiger partial charge >= 0.3 is 6.03 Å². The van der Waals surface area contributed by atoms with Gasteiger partial charge in [0, 0.05) is 11.7 Å². The fourth-order valence-electron chi connectivity index (χ4n) is 5.95. The van der Waals surface area contributed by atoms with Crippen molar-refractivity contribution in [3.05, 3.63) is 51.5 Å². The molecular weight excluding hydrogens is 420 g/mol. The minimum absolute atomic E-state index is 0.375. The van der Waals surface area contributed by atoms with Crippen LogP contribution in [-0.4, -0.2) is 35.3 Å². The summed E-state index contributed by atoms with van der Waals surface area (Å²) < 4.78 is 17.1. The van der Waals surface area contributed by atoms with Crippen molar-refractivity contribution < 1.29 is 9.00 Å². The Hall–Kier alpha value is -1.96. The molecule has 3 unspecified atom stereocenters. The van der Waals surface area contributed by atoms with Gasteiger partial charge in [-0.1, -0.05) is 18.2 Å². The van der Waals surface area contributed by atoms with Crippen molar-refractivity contribution in [1.29, 1.82) is 0 Å². The largest absolute Gasteiger partial charge is 0.354 e. The van der Waals surface area contributed by atoms with Crippen LogP contribution in [0.3, 0.4) is 0 Å². The number of anilines is 1. The summed E-state index contributed by atoms with van der Waals surface area (Å²) in [5.74, 6) is 1.11. The van der Waals surface area contributed by atoms with Gasteiger partial charge in [0.2, 0.25) is 0 Å². The highest BCUT2D eigenvalue weighted by atomic mass is 32.2. The highest BCUT2D eigenvalue weighted by Gasteiger charge is 2.37. The van der Waals surface area contributed by atoms with Gasteiger partial charge in [-0.3, -0.25) is 0 Å². The number of nitrogens with two attached hydrogens (primary N) is 1. The van der Waals surface area contributed by atoms with E-state index in [1.807, 2.05) is 12.2 Å². The third-order valence-electron chi connectivity index (χ3n) is 7.50. The topological polar surface area (TPSA) is 87.8 Å². The number of hydrogen-bond acceptors (Lipinski definition) is 3. The summed E-state index contributed by atoms with van der Waals surface area (Å²) in [7, 11) is 0.967. The monoisotopic (exact) mass is 454 g/mol. The van der Waals surface area contributed by atoms with Gasteiger partial charge in [0.1, 0.15) is 9.92 Å². The molecule has 7 heteroatoms. The molecule has 0 heterocycles. The lowest BCUT2D eigenvalue weighted by atomic mass is 9.89. The van der Waals surface area contributed by atoms with E-state index in [0.29, 0.717) is 16.9 Å². The normalized spacial score (nSPS) is 24.5. The second-order valence-corrected chi connectivity index (χ2v) is 11.8. The molecule has 3 N–H and O–H groups in total. The standard InChI is InChI=1S/C25H34N4O2S/c1-29(2)24(16-9-10-16)17-11-13-20(14-12-17)32(26,31)28-25(30)27-23-21-7-3-5-18(21)15-19-6-4-8-22(19)23/h11,13-17,24H,3-10,12H2,1-2H3,(H3,26,27,28,30,31). The van der Waals surface area contributed by atoms with Crippen molar-refractivity contribution in [1.82, 2.24) is 4.90 Å². The summed E-state index contributed by atoms with van der Waals surface area (Å²) in [4.78, 5) is 15.6. The second kappa shape index (κ2) is 8.43. The quantitative estimate of drug-likeness (QED) is 0.694. The number of benzene rings is 1. The average molecular weight is 455 g/mol. The van der Waals surface area contributed by atoms with Gasteiger partial charge < -0.3 is 10.2 Å². The minimum Gasteiger partial charge on any atom is -0.306 e. The zero-order valence-corrected chi connectivity index (χ0v) is 19.9. The number of hydrogen-bond donors (Lipinski definition) is 2. The number of carbonyl (C=O) groups excluding carboxylic acids is 1. The second-order valence-electron chi connectivity index (χ2n) is 9.98. The number of aryl methyl sites for hydroxylation is 2. The number of rotatable bonds is 5. The first-order chi connectivity index (χ1) is 15.3. The van der Waals surface area contributed by atoms with Crippen molar-refractivity contribution in [3.63, 3.8) is 0 Å². The molecule has 0 aliphatic heterocycles. The Morgan fingerprint density at radius 3 is 2.34 bits per heavy atom. The van der Waals surface area contributed by atoms with Crippen molar-refractivity contribution in [2.45, 2.75) is 63.8 Å². The maximum atomic E-state index is 13.2. The molecular formula is C25H34N4O2S. The van der Waals surface area contributed by atoms with Gasteiger partial charge in [-0.25, -0.2) is 14.1 Å². The smallest absolute Gasteiger partial charge is 0.306 e. The van der Waals surface area contributed by atoms with Crippen LogP contribution >= 0.6 is 0 Å². The van der Waals surface area contributed by atoms with Crippen LogP contribution in [0.5, 0.6) is 0 Å². The van der Waals surface area contributed by atoms with Gasteiger partial charge in [-0.15, -0.1) is 4.36 Å². The Kier molecular flexibility index (Phi) is 5.76. The van der Waals surface area contributed by atoms with E-state index in [-0.39, 0.29) is 0 Å². The van der Waals surface area contributed by atoms with Crippen molar-refractivity contribution in [2.75, 3.05) is 19.4 Å². The van der Waals surface area contributed by atoms with Crippen LogP contribution in [0, 0.1) is 11.8 Å². The molecule has 4 aliphatic carbocycles. The number of nitrogens with zero attached hydrogens (tertiary/aromatic N) is 2. The number of urea groups is 1. The maximum absolute atomic E-state index is 13.2. The molecule has 4 aliphatic rings. The van der Waals surface area contributed by atoms with Crippen molar-refractivity contribution >= 4 is 21.6 Å². The number of carbonyl (C=O) groups is 1. The average Bonchev–Trinajstić information content (AvgIpc) is 3.25. The first-order valence-electron chi connectivity index (χ1n) is 11.9. The van der Waals surface area contributed by atoms with Crippen molar-refractivity contribution in [3.8, 4) is 0 Å². The minimum atomic E-state index is -3.28. The van der Waals surface area contributed by atoms with Crippen LogP contribution in [0.2, 0.25) is 0 Å². The predicted octanol–water partition coefficient (Wildman–Crippen LogP) is 4.34. The number of amides is 2. The summed E-state index contributed by atoms with van der Waals surface area (Å²) >= 11 is 0. The van der Waals surface area contributed by atoms with Gasteiger partial charge in [0.05, 0.1) is 4.91 Å². The summed E-state index contributed by atoms with van der Waals surface area (Å²) in [5, 5.41) is 9.08. The molecule has 1 aromatic carbocycles. The fourth-order valence-corrected chi connectivity index (χ4v) is 6.96. The molecule has 32 heavy (non-hydrogen) atoms. The van der Waals surface area contributed by atoms with Crippen molar-refractivity contribution in [2.24, 2.45) is 21.3 Å². The molecule has 0 saturated heterocycles. The number of fused-ring (bicyclic) bond motifs is 2. The third kappa shape index (κ3) is 4.18. The van der Waals surface area contributed by atoms with Crippen LogP contribution < -0.4 is 10.5 Å². The number of nitrogens with one attached hydrogen (secondary N) is 1. The van der Waals surface area contributed by atoms with Gasteiger partial charge in [0.15, 0.2) is 0 Å². The Bertz CT molecular complexity index is 1090. The highest BCUT2D eigenvalue weighted by molar-refractivity contribution is 7.95. The van der Waals surface area contributed by atoms with Crippen LogP contribution in [-0.2, 0) is 35.6 Å². The van der Waals surface area contributed by atoms with Crippen LogP contribution in [0.25, 0.3) is 0 Å². The number of allylic oxidation sites excluding steroid dienone is 2.